The highest BCUT2D eigenvalue weighted by Gasteiger charge is 1.75. The average Bonchev–Trinajstić information content (AvgIpc) is 2.68. The Hall–Kier alpha value is -1.82. The third kappa shape index (κ3) is 248. The Morgan fingerprint density at radius 1 is 0.324 bits per heavy atom. The molecular formula is C34H68. The summed E-state index contributed by atoms with van der Waals surface area (Å²) in [4.78, 5) is 0. The van der Waals surface area contributed by atoms with Crippen LogP contribution in [0.15, 0.2) is 82.0 Å². The van der Waals surface area contributed by atoms with Crippen LogP contribution in [0.25, 0.3) is 0 Å². The van der Waals surface area contributed by atoms with Gasteiger partial charge < -0.3 is 0 Å². The molecule has 0 saturated carbocycles. The molecule has 0 aliphatic heterocycles. The summed E-state index contributed by atoms with van der Waals surface area (Å²) in [7, 11) is 0. The van der Waals surface area contributed by atoms with Crippen molar-refractivity contribution < 1.29 is 0 Å². The molecule has 0 bridgehead atoms. The molecule has 0 fully saturated rings. The van der Waals surface area contributed by atoms with Crippen LogP contribution in [0, 0.1) is 0 Å². The van der Waals surface area contributed by atoms with Crippen LogP contribution < -0.4 is 0 Å². The van der Waals surface area contributed by atoms with E-state index in [4.69, 9.17) is 0 Å². The number of allylic oxidation sites excluding steroid dienone is 12. The van der Waals surface area contributed by atoms with Gasteiger partial charge in [0.15, 0.2) is 0 Å². The highest BCUT2D eigenvalue weighted by Crippen LogP contribution is 1.97. The Bertz CT molecular complexity index is 478. The van der Waals surface area contributed by atoms with Gasteiger partial charge in [-0.1, -0.05) is 68.9 Å². The van der Waals surface area contributed by atoms with E-state index in [9.17, 15) is 0 Å². The van der Waals surface area contributed by atoms with E-state index in [-0.39, 0.29) is 0 Å². The number of hydrogen-bond donors (Lipinski definition) is 0. The summed E-state index contributed by atoms with van der Waals surface area (Å²) >= 11 is 0. The molecule has 204 valence electrons. The quantitative estimate of drug-likeness (QED) is 0.305. The number of rotatable bonds is 0. The van der Waals surface area contributed by atoms with Crippen molar-refractivity contribution in [3.05, 3.63) is 82.0 Å². The molecule has 0 aromatic heterocycles. The topological polar surface area (TPSA) is 0 Å². The molecule has 0 aliphatic carbocycles. The van der Waals surface area contributed by atoms with E-state index in [1.165, 1.54) is 44.6 Å². The predicted molar refractivity (Wildman–Crippen MR) is 171 cm³/mol. The Morgan fingerprint density at radius 2 is 0.382 bits per heavy atom. The second kappa shape index (κ2) is 41.4. The van der Waals surface area contributed by atoms with Gasteiger partial charge in [0.2, 0.25) is 0 Å². The zero-order valence-corrected chi connectivity index (χ0v) is 27.7. The summed E-state index contributed by atoms with van der Waals surface area (Å²) < 4.78 is 0. The fourth-order valence-corrected chi connectivity index (χ4v) is 0. The molecule has 0 amide bonds. The lowest BCUT2D eigenvalue weighted by atomic mass is 10.2. The van der Waals surface area contributed by atoms with E-state index < -0.39 is 0 Å². The minimum absolute atomic E-state index is 1.17. The predicted octanol–water partition coefficient (Wildman–Crippen LogP) is 13.4. The van der Waals surface area contributed by atoms with Crippen LogP contribution >= 0.6 is 0 Å². The minimum atomic E-state index is 1.17. The SMILES string of the molecule is C=C(C)C.C=C(C)C.CC(C)=C(C)C.CC=C(C)C.CC=C(C)C.CC=C(C)C.CC=C(C)C. The third-order valence-corrected chi connectivity index (χ3v) is 3.31. The largest absolute Gasteiger partial charge is 0.100 e. The standard InChI is InChI=1S/C6H12.4C5H10.2C4H8/c1-5(2)6(3)4;4*1-4-5(2)3;2*1-4(2)3/h1-4H3;4*4H,1-3H3;2*1H2,2-3H3. The second-order valence-electron chi connectivity index (χ2n) is 9.88. The molecule has 0 aromatic rings. The highest BCUT2D eigenvalue weighted by atomic mass is 13.8. The fraction of sp³-hybridized carbons (Fsp3) is 0.588. The van der Waals surface area contributed by atoms with Crippen molar-refractivity contribution in [1.82, 2.24) is 0 Å². The van der Waals surface area contributed by atoms with Crippen molar-refractivity contribution >= 4 is 0 Å². The van der Waals surface area contributed by atoms with Crippen molar-refractivity contribution in [3.8, 4) is 0 Å². The summed E-state index contributed by atoms with van der Waals surface area (Å²) in [6, 6.07) is 0. The first-order valence-corrected chi connectivity index (χ1v) is 12.4. The summed E-state index contributed by atoms with van der Waals surface area (Å²) in [6.45, 7) is 48.3. The van der Waals surface area contributed by atoms with Gasteiger partial charge in [-0.25, -0.2) is 0 Å². The molecule has 0 N–H and O–H groups in total. The van der Waals surface area contributed by atoms with Crippen LogP contribution in [0.5, 0.6) is 0 Å². The molecule has 0 unspecified atom stereocenters. The second-order valence-corrected chi connectivity index (χ2v) is 9.88. The summed E-state index contributed by atoms with van der Waals surface area (Å²) in [6.07, 6.45) is 8.33. The van der Waals surface area contributed by atoms with E-state index >= 15 is 0 Å². The monoisotopic (exact) mass is 477 g/mol. The molecule has 0 aliphatic rings. The lowest BCUT2D eigenvalue weighted by Gasteiger charge is -1.88. The van der Waals surface area contributed by atoms with Gasteiger partial charge in [0, 0.05) is 0 Å². The van der Waals surface area contributed by atoms with Crippen molar-refractivity contribution in [2.45, 2.75) is 138 Å². The van der Waals surface area contributed by atoms with E-state index in [1.54, 1.807) is 0 Å². The van der Waals surface area contributed by atoms with Gasteiger partial charge in [0.1, 0.15) is 0 Å². The smallest absolute Gasteiger partial charge is 0.0440 e. The van der Waals surface area contributed by atoms with Gasteiger partial charge in [0.25, 0.3) is 0 Å². The molecule has 0 atom stereocenters. The molecule has 0 spiro atoms. The van der Waals surface area contributed by atoms with Crippen LogP contribution in [0.4, 0.5) is 0 Å². The molecule has 0 saturated heterocycles. The summed E-state index contributed by atoms with van der Waals surface area (Å²) in [5.41, 5.74) is 10.7. The van der Waals surface area contributed by atoms with Crippen molar-refractivity contribution in [2.75, 3.05) is 0 Å². The summed E-state index contributed by atoms with van der Waals surface area (Å²) in [5.74, 6) is 0. The van der Waals surface area contributed by atoms with Gasteiger partial charge in [-0.15, -0.1) is 13.2 Å². The Labute approximate surface area is 220 Å². The molecule has 0 heteroatoms. The normalized spacial score (nSPS) is 7.06. The van der Waals surface area contributed by atoms with Gasteiger partial charge in [0.05, 0.1) is 0 Å². The molecule has 0 nitrogen and oxygen atoms in total. The Kier molecular flexibility index (Phi) is 60.1. The zero-order valence-electron chi connectivity index (χ0n) is 27.7. The van der Waals surface area contributed by atoms with E-state index in [0.29, 0.717) is 0 Å². The highest BCUT2D eigenvalue weighted by molar-refractivity contribution is 5.02. The first-order chi connectivity index (χ1) is 15.2. The van der Waals surface area contributed by atoms with Gasteiger partial charge in [-0.3, -0.25) is 0 Å². The average molecular weight is 477 g/mol. The van der Waals surface area contributed by atoms with Crippen LogP contribution in [0.2, 0.25) is 0 Å². The first-order valence-electron chi connectivity index (χ1n) is 12.4. The van der Waals surface area contributed by atoms with E-state index in [1.807, 2.05) is 55.4 Å². The third-order valence-electron chi connectivity index (χ3n) is 3.31. The molecular weight excluding hydrogens is 408 g/mol. The molecule has 34 heavy (non-hydrogen) atoms. The van der Waals surface area contributed by atoms with Crippen LogP contribution in [-0.2, 0) is 0 Å². The van der Waals surface area contributed by atoms with Gasteiger partial charge in [-0.2, -0.15) is 0 Å². The lowest BCUT2D eigenvalue weighted by Crippen LogP contribution is -1.66. The van der Waals surface area contributed by atoms with E-state index in [2.05, 4.69) is 121 Å². The Morgan fingerprint density at radius 3 is 0.382 bits per heavy atom. The van der Waals surface area contributed by atoms with Gasteiger partial charge >= 0.3 is 0 Å². The maximum Gasteiger partial charge on any atom is -0.0440 e. The molecule has 0 radical (unpaired) electrons. The van der Waals surface area contributed by atoms with E-state index in [0.717, 1.165) is 0 Å². The minimum Gasteiger partial charge on any atom is -0.100 e. The molecule has 0 heterocycles. The van der Waals surface area contributed by atoms with Crippen LogP contribution in [-0.4, -0.2) is 0 Å². The van der Waals surface area contributed by atoms with Crippen molar-refractivity contribution in [3.63, 3.8) is 0 Å². The van der Waals surface area contributed by atoms with Crippen molar-refractivity contribution in [1.29, 1.82) is 0 Å². The Balaban J connectivity index is -0.0000000502. The molecule has 0 rings (SSSR count). The zero-order chi connectivity index (χ0) is 29.4. The van der Waals surface area contributed by atoms with Crippen LogP contribution in [0.3, 0.4) is 0 Å². The first kappa shape index (κ1) is 49.3. The maximum atomic E-state index is 3.56. The van der Waals surface area contributed by atoms with Crippen molar-refractivity contribution in [2.24, 2.45) is 0 Å². The molecule has 0 aromatic carbocycles. The maximum absolute atomic E-state index is 3.56. The number of hydrogen-bond acceptors (Lipinski definition) is 0. The van der Waals surface area contributed by atoms with Gasteiger partial charge in [-0.05, 0) is 138 Å². The lowest BCUT2D eigenvalue weighted by molar-refractivity contribution is 1.23. The fourth-order valence-electron chi connectivity index (χ4n) is 0. The summed E-state index contributed by atoms with van der Waals surface area (Å²) in [5, 5.41) is 0. The van der Waals surface area contributed by atoms with Crippen LogP contribution in [0.1, 0.15) is 138 Å².